The Balaban J connectivity index is 2.72. The molecule has 0 aliphatic heterocycles. The van der Waals surface area contributed by atoms with E-state index in [1.54, 1.807) is 7.11 Å². The standard InChI is InChI=1S/C9H11NO2/c1-12-9-4-2-3-8(7-9)5-6-10-11/h2-4,6-7,11H,5H2,1H3. The summed E-state index contributed by atoms with van der Waals surface area (Å²) in [7, 11) is 1.62. The molecule has 0 saturated carbocycles. The van der Waals surface area contributed by atoms with Crippen molar-refractivity contribution in [1.82, 2.24) is 0 Å². The maximum absolute atomic E-state index is 8.19. The fourth-order valence-electron chi connectivity index (χ4n) is 0.946. The molecule has 0 amide bonds. The number of oxime groups is 1. The van der Waals surface area contributed by atoms with Crippen LogP contribution in [-0.4, -0.2) is 18.5 Å². The Morgan fingerprint density at radius 3 is 3.08 bits per heavy atom. The number of rotatable bonds is 3. The van der Waals surface area contributed by atoms with Gasteiger partial charge in [0.15, 0.2) is 0 Å². The molecule has 1 N–H and O–H groups in total. The van der Waals surface area contributed by atoms with E-state index in [4.69, 9.17) is 9.94 Å². The van der Waals surface area contributed by atoms with Crippen molar-refractivity contribution in [3.05, 3.63) is 29.8 Å². The van der Waals surface area contributed by atoms with Gasteiger partial charge >= 0.3 is 0 Å². The fourth-order valence-corrected chi connectivity index (χ4v) is 0.946. The first-order valence-corrected chi connectivity index (χ1v) is 3.65. The Morgan fingerprint density at radius 1 is 1.58 bits per heavy atom. The van der Waals surface area contributed by atoms with Crippen LogP contribution in [0.4, 0.5) is 0 Å². The van der Waals surface area contributed by atoms with E-state index < -0.39 is 0 Å². The largest absolute Gasteiger partial charge is 0.497 e. The highest BCUT2D eigenvalue weighted by atomic mass is 16.5. The maximum atomic E-state index is 8.19. The molecule has 0 heterocycles. The zero-order valence-electron chi connectivity index (χ0n) is 6.90. The van der Waals surface area contributed by atoms with Gasteiger partial charge in [0.1, 0.15) is 5.75 Å². The Bertz CT molecular complexity index is 271. The second-order valence-electron chi connectivity index (χ2n) is 2.35. The molecule has 0 aliphatic carbocycles. The molecule has 0 spiro atoms. The average Bonchev–Trinajstić information content (AvgIpc) is 2.15. The van der Waals surface area contributed by atoms with Gasteiger partial charge in [0.05, 0.1) is 7.11 Å². The number of benzene rings is 1. The van der Waals surface area contributed by atoms with E-state index in [1.165, 1.54) is 6.21 Å². The summed E-state index contributed by atoms with van der Waals surface area (Å²) in [5, 5.41) is 11.1. The van der Waals surface area contributed by atoms with Crippen LogP contribution < -0.4 is 4.74 Å². The Labute approximate surface area is 71.3 Å². The van der Waals surface area contributed by atoms with E-state index in [-0.39, 0.29) is 0 Å². The maximum Gasteiger partial charge on any atom is 0.119 e. The van der Waals surface area contributed by atoms with Gasteiger partial charge in [0, 0.05) is 12.6 Å². The number of hydrogen-bond acceptors (Lipinski definition) is 3. The van der Waals surface area contributed by atoms with Gasteiger partial charge < -0.3 is 9.94 Å². The highest BCUT2D eigenvalue weighted by Crippen LogP contribution is 2.11. The monoisotopic (exact) mass is 165 g/mol. The molecule has 0 atom stereocenters. The molecular formula is C9H11NO2. The van der Waals surface area contributed by atoms with Crippen LogP contribution in [0.15, 0.2) is 29.4 Å². The molecule has 3 heteroatoms. The number of ether oxygens (including phenoxy) is 1. The van der Waals surface area contributed by atoms with E-state index in [1.807, 2.05) is 24.3 Å². The van der Waals surface area contributed by atoms with E-state index in [0.717, 1.165) is 11.3 Å². The van der Waals surface area contributed by atoms with Gasteiger partial charge in [-0.1, -0.05) is 12.1 Å². The lowest BCUT2D eigenvalue weighted by Gasteiger charge is -2.00. The van der Waals surface area contributed by atoms with Crippen molar-refractivity contribution < 1.29 is 9.94 Å². The van der Waals surface area contributed by atoms with Gasteiger partial charge in [-0.2, -0.15) is 0 Å². The minimum absolute atomic E-state index is 0.619. The molecule has 1 aromatic carbocycles. The van der Waals surface area contributed by atoms with Gasteiger partial charge in [-0.15, -0.1) is 5.16 Å². The lowest BCUT2D eigenvalue weighted by Crippen LogP contribution is -1.88. The molecule has 12 heavy (non-hydrogen) atoms. The molecule has 0 radical (unpaired) electrons. The van der Waals surface area contributed by atoms with Crippen LogP contribution in [0.3, 0.4) is 0 Å². The number of nitrogens with zero attached hydrogens (tertiary/aromatic N) is 1. The lowest BCUT2D eigenvalue weighted by molar-refractivity contribution is 0.321. The first-order chi connectivity index (χ1) is 5.86. The van der Waals surface area contributed by atoms with Crippen LogP contribution in [0.2, 0.25) is 0 Å². The van der Waals surface area contributed by atoms with Crippen molar-refractivity contribution in [2.45, 2.75) is 6.42 Å². The molecule has 0 aromatic heterocycles. The smallest absolute Gasteiger partial charge is 0.119 e. The first-order valence-electron chi connectivity index (χ1n) is 3.65. The lowest BCUT2D eigenvalue weighted by atomic mass is 10.1. The number of hydrogen-bond donors (Lipinski definition) is 1. The Morgan fingerprint density at radius 2 is 2.42 bits per heavy atom. The average molecular weight is 165 g/mol. The fraction of sp³-hybridized carbons (Fsp3) is 0.222. The molecule has 0 saturated heterocycles. The van der Waals surface area contributed by atoms with Gasteiger partial charge in [-0.3, -0.25) is 0 Å². The van der Waals surface area contributed by atoms with Gasteiger partial charge in [0.25, 0.3) is 0 Å². The van der Waals surface area contributed by atoms with Crippen LogP contribution in [0, 0.1) is 0 Å². The molecule has 0 fully saturated rings. The van der Waals surface area contributed by atoms with E-state index in [9.17, 15) is 0 Å². The summed E-state index contributed by atoms with van der Waals surface area (Å²) >= 11 is 0. The highest BCUT2D eigenvalue weighted by Gasteiger charge is 1.92. The van der Waals surface area contributed by atoms with E-state index >= 15 is 0 Å². The summed E-state index contributed by atoms with van der Waals surface area (Å²) in [6.45, 7) is 0. The van der Waals surface area contributed by atoms with Gasteiger partial charge in [0.2, 0.25) is 0 Å². The van der Waals surface area contributed by atoms with Crippen molar-refractivity contribution in [3.63, 3.8) is 0 Å². The minimum Gasteiger partial charge on any atom is -0.497 e. The number of methoxy groups -OCH3 is 1. The Kier molecular flexibility index (Phi) is 3.14. The molecule has 3 nitrogen and oxygen atoms in total. The van der Waals surface area contributed by atoms with Crippen molar-refractivity contribution in [2.24, 2.45) is 5.16 Å². The predicted molar refractivity (Wildman–Crippen MR) is 47.0 cm³/mol. The molecule has 0 unspecified atom stereocenters. The van der Waals surface area contributed by atoms with Crippen molar-refractivity contribution in [3.8, 4) is 5.75 Å². The third-order valence-electron chi connectivity index (χ3n) is 1.54. The van der Waals surface area contributed by atoms with Gasteiger partial charge in [-0.05, 0) is 17.7 Å². The van der Waals surface area contributed by atoms with Crippen LogP contribution in [0.1, 0.15) is 5.56 Å². The SMILES string of the molecule is COc1cccc(CC=NO)c1. The summed E-state index contributed by atoms with van der Waals surface area (Å²) in [5.41, 5.74) is 1.06. The molecule has 1 rings (SSSR count). The van der Waals surface area contributed by atoms with Crippen molar-refractivity contribution in [2.75, 3.05) is 7.11 Å². The minimum atomic E-state index is 0.619. The van der Waals surface area contributed by atoms with E-state index in [0.29, 0.717) is 6.42 Å². The quantitative estimate of drug-likeness (QED) is 0.420. The normalized spacial score (nSPS) is 10.4. The van der Waals surface area contributed by atoms with Crippen molar-refractivity contribution >= 4 is 6.21 Å². The van der Waals surface area contributed by atoms with E-state index in [2.05, 4.69) is 5.16 Å². The predicted octanol–water partition coefficient (Wildman–Crippen LogP) is 1.70. The molecule has 0 aliphatic rings. The second kappa shape index (κ2) is 4.38. The summed E-state index contributed by atoms with van der Waals surface area (Å²) in [6.07, 6.45) is 2.06. The summed E-state index contributed by atoms with van der Waals surface area (Å²) in [5.74, 6) is 0.818. The molecular weight excluding hydrogens is 154 g/mol. The highest BCUT2D eigenvalue weighted by molar-refractivity contribution is 5.60. The third-order valence-corrected chi connectivity index (χ3v) is 1.54. The zero-order valence-corrected chi connectivity index (χ0v) is 6.90. The molecule has 64 valence electrons. The topological polar surface area (TPSA) is 41.8 Å². The summed E-state index contributed by atoms with van der Waals surface area (Å²) in [6, 6.07) is 7.63. The van der Waals surface area contributed by atoms with Crippen LogP contribution in [-0.2, 0) is 6.42 Å². The van der Waals surface area contributed by atoms with Crippen molar-refractivity contribution in [1.29, 1.82) is 0 Å². The summed E-state index contributed by atoms with van der Waals surface area (Å²) < 4.78 is 5.03. The Hall–Kier alpha value is -1.51. The van der Waals surface area contributed by atoms with Gasteiger partial charge in [-0.25, -0.2) is 0 Å². The van der Waals surface area contributed by atoms with Crippen LogP contribution >= 0.6 is 0 Å². The molecule has 1 aromatic rings. The van der Waals surface area contributed by atoms with Crippen LogP contribution in [0.25, 0.3) is 0 Å². The third kappa shape index (κ3) is 2.27. The molecule has 0 bridgehead atoms. The first kappa shape index (κ1) is 8.59. The second-order valence-corrected chi connectivity index (χ2v) is 2.35. The zero-order chi connectivity index (χ0) is 8.81. The summed E-state index contributed by atoms with van der Waals surface area (Å²) in [4.78, 5) is 0. The van der Waals surface area contributed by atoms with Crippen LogP contribution in [0.5, 0.6) is 5.75 Å².